The van der Waals surface area contributed by atoms with E-state index in [1.54, 1.807) is 28.8 Å². The van der Waals surface area contributed by atoms with Gasteiger partial charge in [-0.05, 0) is 30.8 Å². The number of thioether (sulfide) groups is 1. The number of hydrogen-bond acceptors (Lipinski definition) is 6. The van der Waals surface area contributed by atoms with Gasteiger partial charge < -0.3 is 20.1 Å². The number of nitrogens with one attached hydrogen (secondary N) is 1. The van der Waals surface area contributed by atoms with Gasteiger partial charge in [0.05, 0.1) is 28.3 Å². The van der Waals surface area contributed by atoms with E-state index in [9.17, 15) is 15.0 Å². The molecule has 2 aromatic carbocycles. The number of aromatic hydroxyl groups is 1. The molecule has 0 radical (unpaired) electrons. The summed E-state index contributed by atoms with van der Waals surface area (Å²) in [5.41, 5.74) is 6.28. The number of nitrogens with zero attached hydrogens (tertiary/aromatic N) is 2. The van der Waals surface area contributed by atoms with Crippen molar-refractivity contribution in [2.75, 3.05) is 11.4 Å². The molecule has 3 N–H and O–H groups in total. The van der Waals surface area contributed by atoms with Gasteiger partial charge in [-0.1, -0.05) is 89.0 Å². The summed E-state index contributed by atoms with van der Waals surface area (Å²) in [4.78, 5) is 18.6. The van der Waals surface area contributed by atoms with Crippen LogP contribution < -0.4 is 4.90 Å². The molecule has 0 fully saturated rings. The highest BCUT2D eigenvalue weighted by Crippen LogP contribution is 2.50. The molecule has 3 heterocycles. The van der Waals surface area contributed by atoms with Crippen molar-refractivity contribution in [3.63, 3.8) is 0 Å². The molecule has 2 aromatic heterocycles. The van der Waals surface area contributed by atoms with Crippen molar-refractivity contribution in [3.05, 3.63) is 102 Å². The van der Waals surface area contributed by atoms with Gasteiger partial charge in [-0.15, -0.1) is 0 Å². The van der Waals surface area contributed by atoms with Crippen LogP contribution in [0.1, 0.15) is 33.3 Å². The van der Waals surface area contributed by atoms with E-state index in [4.69, 9.17) is 23.8 Å². The van der Waals surface area contributed by atoms with Crippen molar-refractivity contribution in [2.24, 2.45) is 0 Å². The lowest BCUT2D eigenvalue weighted by Gasteiger charge is -2.17. The van der Waals surface area contributed by atoms with Crippen molar-refractivity contribution < 1.29 is 15.0 Å². The maximum Gasteiger partial charge on any atom is 0.336 e. The molecule has 1 aliphatic heterocycles. The van der Waals surface area contributed by atoms with E-state index in [-0.39, 0.29) is 11.4 Å². The Hall–Kier alpha value is -3.20. The molecule has 0 saturated carbocycles. The number of carboxylic acid groups (broad SMARTS) is 1. The van der Waals surface area contributed by atoms with Crippen LogP contribution >= 0.6 is 46.9 Å². The van der Waals surface area contributed by atoms with Gasteiger partial charge >= 0.3 is 5.97 Å². The van der Waals surface area contributed by atoms with E-state index in [0.717, 1.165) is 21.2 Å². The fourth-order valence-corrected chi connectivity index (χ4v) is 6.80. The van der Waals surface area contributed by atoms with Crippen molar-refractivity contribution in [1.82, 2.24) is 9.55 Å². The largest absolute Gasteiger partial charge is 0.493 e. The van der Waals surface area contributed by atoms with Crippen LogP contribution in [0.2, 0.25) is 5.15 Å². The van der Waals surface area contributed by atoms with Crippen LogP contribution in [0.15, 0.2) is 76.4 Å². The average Bonchev–Trinajstić information content (AvgIpc) is 3.51. The Morgan fingerprint density at radius 2 is 1.83 bits per heavy atom. The number of aromatic amines is 1. The minimum Gasteiger partial charge on any atom is -0.493 e. The maximum absolute atomic E-state index is 12.1. The number of carbonyl (C=O) groups is 1. The molecular weight excluding hydrogens is 534 g/mol. The van der Waals surface area contributed by atoms with Crippen molar-refractivity contribution >= 4 is 64.1 Å². The zero-order chi connectivity index (χ0) is 25.4. The third kappa shape index (κ3) is 4.40. The molecule has 6 nitrogen and oxygen atoms in total. The van der Waals surface area contributed by atoms with Crippen LogP contribution in [-0.2, 0) is 6.54 Å². The first-order chi connectivity index (χ1) is 17.4. The number of rotatable bonds is 6. The summed E-state index contributed by atoms with van der Waals surface area (Å²) in [5.74, 6) is -1.09. The minimum atomic E-state index is -1.07. The Morgan fingerprint density at radius 3 is 2.53 bits per heavy atom. The molecule has 0 bridgehead atoms. The van der Waals surface area contributed by atoms with Crippen molar-refractivity contribution in [3.8, 4) is 5.88 Å². The summed E-state index contributed by atoms with van der Waals surface area (Å²) in [6.07, 6.45) is 1.84. The van der Waals surface area contributed by atoms with Crippen molar-refractivity contribution in [2.45, 2.75) is 18.4 Å². The molecule has 5 rings (SSSR count). The van der Waals surface area contributed by atoms with Gasteiger partial charge in [0.15, 0.2) is 3.95 Å². The van der Waals surface area contributed by atoms with Crippen LogP contribution in [0.5, 0.6) is 5.88 Å². The van der Waals surface area contributed by atoms with Crippen LogP contribution in [0.3, 0.4) is 0 Å². The highest BCUT2D eigenvalue weighted by Gasteiger charge is 2.29. The lowest BCUT2D eigenvalue weighted by molar-refractivity contribution is 0.0696. The molecule has 0 atom stereocenters. The van der Waals surface area contributed by atoms with Gasteiger partial charge in [0.25, 0.3) is 0 Å². The molecule has 182 valence electrons. The second-order valence-corrected chi connectivity index (χ2v) is 11.0. The number of benzene rings is 2. The number of aromatic carboxylic acids is 1. The van der Waals surface area contributed by atoms with Gasteiger partial charge in [0.2, 0.25) is 5.88 Å². The lowest BCUT2D eigenvalue weighted by Crippen LogP contribution is -2.16. The van der Waals surface area contributed by atoms with Gasteiger partial charge in [-0.2, -0.15) is 0 Å². The first kappa shape index (κ1) is 24.5. The van der Waals surface area contributed by atoms with E-state index < -0.39 is 5.97 Å². The molecule has 0 spiro atoms. The monoisotopic (exact) mass is 553 g/mol. The highest BCUT2D eigenvalue weighted by molar-refractivity contribution is 8.03. The highest BCUT2D eigenvalue weighted by atomic mass is 35.5. The zero-order valence-corrected chi connectivity index (χ0v) is 22.2. The number of aromatic nitrogens is 2. The fourth-order valence-electron chi connectivity index (χ4n) is 4.06. The molecular formula is C26H20ClN3O3S3. The van der Waals surface area contributed by atoms with Crippen LogP contribution in [0, 0.1) is 3.95 Å². The maximum atomic E-state index is 12.1. The predicted octanol–water partition coefficient (Wildman–Crippen LogP) is 7.22. The smallest absolute Gasteiger partial charge is 0.336 e. The average molecular weight is 554 g/mol. The summed E-state index contributed by atoms with van der Waals surface area (Å²) in [7, 11) is 0. The summed E-state index contributed by atoms with van der Waals surface area (Å²) in [5, 5.41) is 22.5. The third-order valence-electron chi connectivity index (χ3n) is 5.75. The lowest BCUT2D eigenvalue weighted by atomic mass is 9.99. The number of thiazole rings is 1. The number of hydrogen-bond donors (Lipinski definition) is 3. The molecule has 1 aliphatic rings. The summed E-state index contributed by atoms with van der Waals surface area (Å²) < 4.78 is 2.13. The van der Waals surface area contributed by atoms with E-state index in [1.807, 2.05) is 48.4 Å². The van der Waals surface area contributed by atoms with E-state index in [2.05, 4.69) is 10.7 Å². The number of halogens is 1. The first-order valence-electron chi connectivity index (χ1n) is 11.0. The number of H-pyrrole nitrogens is 1. The Balaban J connectivity index is 1.75. The summed E-state index contributed by atoms with van der Waals surface area (Å²) in [6.45, 7) is 3.02. The molecule has 0 aliphatic carbocycles. The quantitative estimate of drug-likeness (QED) is 0.173. The van der Waals surface area contributed by atoms with E-state index in [0.29, 0.717) is 38.2 Å². The second-order valence-electron chi connectivity index (χ2n) is 7.91. The zero-order valence-electron chi connectivity index (χ0n) is 19.0. The van der Waals surface area contributed by atoms with Crippen LogP contribution in [0.25, 0.3) is 5.57 Å². The Morgan fingerprint density at radius 1 is 1.14 bits per heavy atom. The number of fused-ring (bicyclic) bond motifs is 1. The summed E-state index contributed by atoms with van der Waals surface area (Å²) >= 11 is 14.7. The first-order valence-corrected chi connectivity index (χ1v) is 13.4. The SMILES string of the molecule is CCN1C(=C=C(c2ccccc2C(=O)O)c2sc(=S)n(Cc3ccccc3)c2O)Sc2c[nH]c(Cl)c21. The van der Waals surface area contributed by atoms with Gasteiger partial charge in [0.1, 0.15) is 15.1 Å². The Labute approximate surface area is 225 Å². The summed E-state index contributed by atoms with van der Waals surface area (Å²) in [6, 6.07) is 16.4. The second kappa shape index (κ2) is 10.0. The topological polar surface area (TPSA) is 81.5 Å². The standard InChI is InChI=1S/C26H20ClN3O3S3/c1-2-29-20(35-19-13-28-23(27)21(19)29)12-18(16-10-6-7-11-17(16)25(32)33)22-24(31)30(26(34)36-22)14-15-8-4-3-5-9-15/h3-11,13,28,31H,2,14H2,1H3,(H,32,33). The molecule has 0 saturated heterocycles. The molecule has 0 unspecified atom stereocenters. The molecule has 0 amide bonds. The van der Waals surface area contributed by atoms with Gasteiger partial charge in [0, 0.05) is 18.3 Å². The predicted molar refractivity (Wildman–Crippen MR) is 148 cm³/mol. The minimum absolute atomic E-state index is 0.0264. The van der Waals surface area contributed by atoms with Gasteiger partial charge in [-0.25, -0.2) is 4.79 Å². The molecule has 10 heteroatoms. The van der Waals surface area contributed by atoms with Gasteiger partial charge in [-0.3, -0.25) is 4.57 Å². The normalized spacial score (nSPS) is 12.5. The molecule has 4 aromatic rings. The number of anilines is 1. The Bertz CT molecular complexity index is 1600. The van der Waals surface area contributed by atoms with Crippen LogP contribution in [-0.4, -0.2) is 32.3 Å². The van der Waals surface area contributed by atoms with Crippen LogP contribution in [0.4, 0.5) is 5.69 Å². The Kier molecular flexibility index (Phi) is 6.83. The van der Waals surface area contributed by atoms with E-state index in [1.165, 1.54) is 23.1 Å². The number of carboxylic acids is 1. The third-order valence-corrected chi connectivity index (χ3v) is 8.54. The van der Waals surface area contributed by atoms with Crippen molar-refractivity contribution in [1.29, 1.82) is 0 Å². The van der Waals surface area contributed by atoms with E-state index >= 15 is 0 Å². The fraction of sp³-hybridized carbons (Fsp3) is 0.115. The molecule has 36 heavy (non-hydrogen) atoms.